The highest BCUT2D eigenvalue weighted by Gasteiger charge is 2.19. The number of halogens is 1. The maximum Gasteiger partial charge on any atom is 0.358 e. The molecule has 5 nitrogen and oxygen atoms in total. The van der Waals surface area contributed by atoms with Gasteiger partial charge in [-0.25, -0.2) is 9.48 Å². The summed E-state index contributed by atoms with van der Waals surface area (Å²) in [6.45, 7) is 3.72. The average molecular weight is 266 g/mol. The van der Waals surface area contributed by atoms with E-state index in [0.717, 1.165) is 11.3 Å². The molecule has 0 saturated heterocycles. The van der Waals surface area contributed by atoms with Crippen molar-refractivity contribution >= 4 is 17.6 Å². The second kappa shape index (κ2) is 4.78. The Hall–Kier alpha value is -1.88. The van der Waals surface area contributed by atoms with Crippen molar-refractivity contribution in [3.05, 3.63) is 40.2 Å². The van der Waals surface area contributed by atoms with Crippen LogP contribution in [0.15, 0.2) is 18.2 Å². The van der Waals surface area contributed by atoms with Crippen LogP contribution < -0.4 is 0 Å². The van der Waals surface area contributed by atoms with E-state index in [4.69, 9.17) is 16.7 Å². The number of hydrogen-bond donors (Lipinski definition) is 1. The molecule has 0 aliphatic heterocycles. The van der Waals surface area contributed by atoms with Gasteiger partial charge in [0, 0.05) is 5.02 Å². The summed E-state index contributed by atoms with van der Waals surface area (Å²) in [6.07, 6.45) is 0.528. The fourth-order valence-electron chi connectivity index (χ4n) is 1.80. The zero-order chi connectivity index (χ0) is 13.3. The molecular weight excluding hydrogens is 254 g/mol. The van der Waals surface area contributed by atoms with Gasteiger partial charge in [0.1, 0.15) is 0 Å². The first kappa shape index (κ1) is 12.6. The zero-order valence-electron chi connectivity index (χ0n) is 10.0. The van der Waals surface area contributed by atoms with Crippen LogP contribution in [0.2, 0.25) is 5.02 Å². The van der Waals surface area contributed by atoms with Crippen LogP contribution in [0.1, 0.15) is 28.7 Å². The third-order valence-electron chi connectivity index (χ3n) is 2.77. The van der Waals surface area contributed by atoms with Crippen molar-refractivity contribution < 1.29 is 9.90 Å². The van der Waals surface area contributed by atoms with Gasteiger partial charge in [0.25, 0.3) is 0 Å². The largest absolute Gasteiger partial charge is 0.476 e. The van der Waals surface area contributed by atoms with Gasteiger partial charge in [-0.3, -0.25) is 0 Å². The SMILES string of the molecule is CCc1c(C(=O)O)nnn1-c1cccc(Cl)c1C. The predicted molar refractivity (Wildman–Crippen MR) is 67.4 cm³/mol. The lowest BCUT2D eigenvalue weighted by atomic mass is 10.2. The number of carboxylic acid groups (broad SMARTS) is 1. The van der Waals surface area contributed by atoms with Crippen LogP contribution in [0.25, 0.3) is 5.69 Å². The summed E-state index contributed by atoms with van der Waals surface area (Å²) >= 11 is 6.05. The summed E-state index contributed by atoms with van der Waals surface area (Å²) in [5.41, 5.74) is 2.14. The number of benzene rings is 1. The molecule has 94 valence electrons. The molecule has 2 rings (SSSR count). The van der Waals surface area contributed by atoms with Crippen LogP contribution in [-0.4, -0.2) is 26.1 Å². The smallest absolute Gasteiger partial charge is 0.358 e. The highest BCUT2D eigenvalue weighted by Crippen LogP contribution is 2.23. The summed E-state index contributed by atoms with van der Waals surface area (Å²) < 4.78 is 1.53. The number of aromatic carboxylic acids is 1. The standard InChI is InChI=1S/C12H12ClN3O2/c1-3-9-11(12(17)18)14-15-16(9)10-6-4-5-8(13)7(10)2/h4-6H,3H2,1-2H3,(H,17,18). The molecule has 0 amide bonds. The van der Waals surface area contributed by atoms with Crippen LogP contribution in [0.3, 0.4) is 0 Å². The summed E-state index contributed by atoms with van der Waals surface area (Å²) in [5.74, 6) is -1.07. The first-order valence-electron chi connectivity index (χ1n) is 5.49. The van der Waals surface area contributed by atoms with Gasteiger partial charge in [0.05, 0.1) is 11.4 Å². The third kappa shape index (κ3) is 1.97. The maximum atomic E-state index is 11.0. The van der Waals surface area contributed by atoms with Crippen molar-refractivity contribution in [3.63, 3.8) is 0 Å². The molecule has 0 atom stereocenters. The Morgan fingerprint density at radius 3 is 2.83 bits per heavy atom. The minimum atomic E-state index is -1.07. The van der Waals surface area contributed by atoms with Crippen LogP contribution in [0, 0.1) is 6.92 Å². The average Bonchev–Trinajstić information content (AvgIpc) is 2.76. The number of nitrogens with zero attached hydrogens (tertiary/aromatic N) is 3. The number of carbonyl (C=O) groups is 1. The fraction of sp³-hybridized carbons (Fsp3) is 0.250. The molecule has 0 unspecified atom stereocenters. The predicted octanol–water partition coefficient (Wildman–Crippen LogP) is 2.49. The molecule has 6 heteroatoms. The van der Waals surface area contributed by atoms with E-state index < -0.39 is 5.97 Å². The normalized spacial score (nSPS) is 10.6. The van der Waals surface area contributed by atoms with Gasteiger partial charge in [-0.1, -0.05) is 29.8 Å². The van der Waals surface area contributed by atoms with E-state index in [9.17, 15) is 4.79 Å². The topological polar surface area (TPSA) is 68.0 Å². The molecule has 1 heterocycles. The van der Waals surface area contributed by atoms with Crippen LogP contribution >= 0.6 is 11.6 Å². The first-order valence-corrected chi connectivity index (χ1v) is 5.87. The monoisotopic (exact) mass is 265 g/mol. The molecule has 0 spiro atoms. The Kier molecular flexibility index (Phi) is 3.34. The Labute approximate surface area is 109 Å². The second-order valence-electron chi connectivity index (χ2n) is 3.84. The van der Waals surface area contributed by atoms with E-state index in [1.165, 1.54) is 4.68 Å². The maximum absolute atomic E-state index is 11.0. The summed E-state index contributed by atoms with van der Waals surface area (Å²) in [7, 11) is 0. The number of aromatic nitrogens is 3. The Bertz CT molecular complexity index is 607. The number of carboxylic acids is 1. The molecule has 18 heavy (non-hydrogen) atoms. The van der Waals surface area contributed by atoms with E-state index in [1.807, 2.05) is 19.9 Å². The van der Waals surface area contributed by atoms with Gasteiger partial charge in [0.15, 0.2) is 5.69 Å². The van der Waals surface area contributed by atoms with Crippen LogP contribution in [-0.2, 0) is 6.42 Å². The molecule has 1 aromatic heterocycles. The van der Waals surface area contributed by atoms with Gasteiger partial charge in [-0.2, -0.15) is 0 Å². The van der Waals surface area contributed by atoms with Gasteiger partial charge in [-0.05, 0) is 31.0 Å². The lowest BCUT2D eigenvalue weighted by molar-refractivity contribution is 0.0689. The Morgan fingerprint density at radius 2 is 2.22 bits per heavy atom. The molecule has 1 aromatic carbocycles. The van der Waals surface area contributed by atoms with Gasteiger partial charge >= 0.3 is 5.97 Å². The fourth-order valence-corrected chi connectivity index (χ4v) is 1.97. The molecule has 0 bridgehead atoms. The Balaban J connectivity index is 2.65. The number of rotatable bonds is 3. The molecule has 1 N–H and O–H groups in total. The first-order chi connectivity index (χ1) is 8.56. The summed E-state index contributed by atoms with van der Waals surface area (Å²) in [4.78, 5) is 11.0. The highest BCUT2D eigenvalue weighted by atomic mass is 35.5. The van der Waals surface area contributed by atoms with Crippen molar-refractivity contribution in [1.82, 2.24) is 15.0 Å². The van der Waals surface area contributed by atoms with E-state index >= 15 is 0 Å². The minimum Gasteiger partial charge on any atom is -0.476 e. The van der Waals surface area contributed by atoms with Gasteiger partial charge in [0.2, 0.25) is 0 Å². The third-order valence-corrected chi connectivity index (χ3v) is 3.18. The van der Waals surface area contributed by atoms with E-state index in [1.54, 1.807) is 12.1 Å². The minimum absolute atomic E-state index is 0.0168. The molecule has 2 aromatic rings. The summed E-state index contributed by atoms with van der Waals surface area (Å²) in [5, 5.41) is 17.3. The van der Waals surface area contributed by atoms with Crippen molar-refractivity contribution in [1.29, 1.82) is 0 Å². The molecular formula is C12H12ClN3O2. The van der Waals surface area contributed by atoms with E-state index in [2.05, 4.69) is 10.3 Å². The molecule has 0 aliphatic rings. The Morgan fingerprint density at radius 1 is 1.50 bits per heavy atom. The van der Waals surface area contributed by atoms with Crippen molar-refractivity contribution in [3.8, 4) is 5.69 Å². The van der Waals surface area contributed by atoms with Crippen LogP contribution in [0.5, 0.6) is 0 Å². The second-order valence-corrected chi connectivity index (χ2v) is 4.25. The molecule has 0 fully saturated rings. The molecule has 0 radical (unpaired) electrons. The molecule has 0 aliphatic carbocycles. The quantitative estimate of drug-likeness (QED) is 0.926. The summed E-state index contributed by atoms with van der Waals surface area (Å²) in [6, 6.07) is 5.41. The van der Waals surface area contributed by atoms with Crippen molar-refractivity contribution in [2.75, 3.05) is 0 Å². The lowest BCUT2D eigenvalue weighted by Gasteiger charge is -2.09. The number of hydrogen-bond acceptors (Lipinski definition) is 3. The van der Waals surface area contributed by atoms with Gasteiger partial charge in [-0.15, -0.1) is 5.10 Å². The van der Waals surface area contributed by atoms with E-state index in [-0.39, 0.29) is 5.69 Å². The van der Waals surface area contributed by atoms with Gasteiger partial charge < -0.3 is 5.11 Å². The highest BCUT2D eigenvalue weighted by molar-refractivity contribution is 6.31. The molecule has 0 saturated carbocycles. The van der Waals surface area contributed by atoms with Crippen molar-refractivity contribution in [2.24, 2.45) is 0 Å². The van der Waals surface area contributed by atoms with Crippen molar-refractivity contribution in [2.45, 2.75) is 20.3 Å². The van der Waals surface area contributed by atoms with Crippen LogP contribution in [0.4, 0.5) is 0 Å². The van der Waals surface area contributed by atoms with E-state index in [0.29, 0.717) is 17.1 Å². The zero-order valence-corrected chi connectivity index (χ0v) is 10.8. The lowest BCUT2D eigenvalue weighted by Crippen LogP contribution is -2.07.